The SMILES string of the molecule is CCOc1ccc(C(C)NC(=O)c2ccccc2)cc1OCC. The minimum absolute atomic E-state index is 0.0926. The van der Waals surface area contributed by atoms with Gasteiger partial charge in [-0.25, -0.2) is 0 Å². The molecule has 0 spiro atoms. The third kappa shape index (κ3) is 4.49. The molecule has 23 heavy (non-hydrogen) atoms. The van der Waals surface area contributed by atoms with E-state index in [9.17, 15) is 4.79 Å². The van der Waals surface area contributed by atoms with Crippen LogP contribution in [0.25, 0.3) is 0 Å². The summed E-state index contributed by atoms with van der Waals surface area (Å²) in [6.07, 6.45) is 0. The Morgan fingerprint density at radius 3 is 2.30 bits per heavy atom. The number of amides is 1. The number of ether oxygens (including phenoxy) is 2. The first kappa shape index (κ1) is 16.9. The van der Waals surface area contributed by atoms with Crippen molar-refractivity contribution in [1.29, 1.82) is 0 Å². The standard InChI is InChI=1S/C19H23NO3/c1-4-22-17-12-11-16(13-18(17)23-5-2)14(3)20-19(21)15-9-7-6-8-10-15/h6-14H,4-5H2,1-3H3,(H,20,21). The van der Waals surface area contributed by atoms with Crippen molar-refractivity contribution in [1.82, 2.24) is 5.32 Å². The summed E-state index contributed by atoms with van der Waals surface area (Å²) in [7, 11) is 0. The Bertz CT molecular complexity index is 640. The van der Waals surface area contributed by atoms with E-state index < -0.39 is 0 Å². The van der Waals surface area contributed by atoms with E-state index in [1.807, 2.05) is 57.2 Å². The van der Waals surface area contributed by atoms with Crippen LogP contribution in [-0.2, 0) is 0 Å². The second kappa shape index (κ2) is 8.22. The quantitative estimate of drug-likeness (QED) is 0.841. The van der Waals surface area contributed by atoms with Crippen LogP contribution in [0, 0.1) is 0 Å². The maximum absolute atomic E-state index is 12.2. The largest absolute Gasteiger partial charge is 0.490 e. The highest BCUT2D eigenvalue weighted by Gasteiger charge is 2.14. The minimum atomic E-state index is -0.127. The zero-order chi connectivity index (χ0) is 16.7. The molecule has 1 atom stereocenters. The van der Waals surface area contributed by atoms with Crippen LogP contribution in [0.3, 0.4) is 0 Å². The fraction of sp³-hybridized carbons (Fsp3) is 0.316. The third-order valence-corrected chi connectivity index (χ3v) is 3.45. The fourth-order valence-corrected chi connectivity index (χ4v) is 2.29. The van der Waals surface area contributed by atoms with E-state index in [2.05, 4.69) is 5.32 Å². The van der Waals surface area contributed by atoms with Gasteiger partial charge in [0.2, 0.25) is 0 Å². The zero-order valence-electron chi connectivity index (χ0n) is 13.8. The van der Waals surface area contributed by atoms with Crippen LogP contribution >= 0.6 is 0 Å². The van der Waals surface area contributed by atoms with Crippen LogP contribution in [0.5, 0.6) is 11.5 Å². The molecule has 0 aromatic heterocycles. The molecule has 0 heterocycles. The number of carbonyl (C=O) groups is 1. The summed E-state index contributed by atoms with van der Waals surface area (Å²) in [6, 6.07) is 14.8. The van der Waals surface area contributed by atoms with Gasteiger partial charge < -0.3 is 14.8 Å². The lowest BCUT2D eigenvalue weighted by Gasteiger charge is -2.17. The van der Waals surface area contributed by atoms with Crippen LogP contribution in [0.2, 0.25) is 0 Å². The molecule has 2 aromatic rings. The highest BCUT2D eigenvalue weighted by Crippen LogP contribution is 2.30. The Balaban J connectivity index is 2.14. The van der Waals surface area contributed by atoms with E-state index in [-0.39, 0.29) is 11.9 Å². The highest BCUT2D eigenvalue weighted by atomic mass is 16.5. The van der Waals surface area contributed by atoms with Crippen LogP contribution in [0.1, 0.15) is 42.7 Å². The Labute approximate surface area is 137 Å². The smallest absolute Gasteiger partial charge is 0.251 e. The molecule has 122 valence electrons. The van der Waals surface area contributed by atoms with Crippen LogP contribution < -0.4 is 14.8 Å². The topological polar surface area (TPSA) is 47.6 Å². The molecule has 0 bridgehead atoms. The van der Waals surface area contributed by atoms with Gasteiger partial charge in [0, 0.05) is 5.56 Å². The molecule has 4 nitrogen and oxygen atoms in total. The van der Waals surface area contributed by atoms with E-state index in [4.69, 9.17) is 9.47 Å². The van der Waals surface area contributed by atoms with E-state index >= 15 is 0 Å². The lowest BCUT2D eigenvalue weighted by molar-refractivity contribution is 0.0940. The first-order valence-corrected chi connectivity index (χ1v) is 7.91. The maximum atomic E-state index is 12.2. The van der Waals surface area contributed by atoms with Crippen molar-refractivity contribution in [2.45, 2.75) is 26.8 Å². The van der Waals surface area contributed by atoms with Crippen molar-refractivity contribution in [3.8, 4) is 11.5 Å². The molecule has 1 unspecified atom stereocenters. The molecule has 2 rings (SSSR count). The number of nitrogens with one attached hydrogen (secondary N) is 1. The maximum Gasteiger partial charge on any atom is 0.251 e. The molecule has 0 saturated heterocycles. The zero-order valence-corrected chi connectivity index (χ0v) is 13.8. The molecule has 0 saturated carbocycles. The second-order valence-corrected chi connectivity index (χ2v) is 5.13. The van der Waals surface area contributed by atoms with E-state index in [0.717, 1.165) is 11.3 Å². The molecule has 1 N–H and O–H groups in total. The van der Waals surface area contributed by atoms with Crippen LogP contribution in [0.4, 0.5) is 0 Å². The molecule has 0 radical (unpaired) electrons. The summed E-state index contributed by atoms with van der Waals surface area (Å²) in [5.74, 6) is 1.33. The lowest BCUT2D eigenvalue weighted by Crippen LogP contribution is -2.26. The first-order chi connectivity index (χ1) is 11.2. The van der Waals surface area contributed by atoms with Gasteiger partial charge in [0.05, 0.1) is 19.3 Å². The number of carbonyl (C=O) groups excluding carboxylic acids is 1. The van der Waals surface area contributed by atoms with E-state index in [1.165, 1.54) is 0 Å². The minimum Gasteiger partial charge on any atom is -0.490 e. The van der Waals surface area contributed by atoms with Crippen molar-refractivity contribution in [3.05, 3.63) is 59.7 Å². The van der Waals surface area contributed by atoms with Gasteiger partial charge in [-0.15, -0.1) is 0 Å². The monoisotopic (exact) mass is 313 g/mol. The van der Waals surface area contributed by atoms with Crippen molar-refractivity contribution >= 4 is 5.91 Å². The summed E-state index contributed by atoms with van der Waals surface area (Å²) in [6.45, 7) is 6.97. The predicted molar refractivity (Wildman–Crippen MR) is 91.1 cm³/mol. The Morgan fingerprint density at radius 1 is 1.00 bits per heavy atom. The van der Waals surface area contributed by atoms with Gasteiger partial charge in [-0.1, -0.05) is 24.3 Å². The summed E-state index contributed by atoms with van der Waals surface area (Å²) < 4.78 is 11.2. The average molecular weight is 313 g/mol. The number of rotatable bonds is 7. The summed E-state index contributed by atoms with van der Waals surface area (Å²) >= 11 is 0. The molecule has 0 aliphatic rings. The van der Waals surface area contributed by atoms with Gasteiger partial charge in [-0.2, -0.15) is 0 Å². The van der Waals surface area contributed by atoms with Crippen molar-refractivity contribution in [2.24, 2.45) is 0 Å². The van der Waals surface area contributed by atoms with Crippen molar-refractivity contribution < 1.29 is 14.3 Å². The van der Waals surface area contributed by atoms with Crippen molar-refractivity contribution in [2.75, 3.05) is 13.2 Å². The van der Waals surface area contributed by atoms with Gasteiger partial charge in [0.1, 0.15) is 0 Å². The Morgan fingerprint density at radius 2 is 1.65 bits per heavy atom. The van der Waals surface area contributed by atoms with Gasteiger partial charge in [-0.3, -0.25) is 4.79 Å². The van der Waals surface area contributed by atoms with Crippen molar-refractivity contribution in [3.63, 3.8) is 0 Å². The summed E-state index contributed by atoms with van der Waals surface area (Å²) in [5, 5.41) is 3.00. The lowest BCUT2D eigenvalue weighted by atomic mass is 10.1. The molecule has 0 aliphatic carbocycles. The van der Waals surface area contributed by atoms with Gasteiger partial charge >= 0.3 is 0 Å². The second-order valence-electron chi connectivity index (χ2n) is 5.13. The predicted octanol–water partition coefficient (Wildman–Crippen LogP) is 3.98. The average Bonchev–Trinajstić information content (AvgIpc) is 2.57. The van der Waals surface area contributed by atoms with Crippen LogP contribution in [0.15, 0.2) is 48.5 Å². The first-order valence-electron chi connectivity index (χ1n) is 7.91. The molecule has 4 heteroatoms. The van der Waals surface area contributed by atoms with E-state index in [0.29, 0.717) is 24.5 Å². The fourth-order valence-electron chi connectivity index (χ4n) is 2.29. The molecular formula is C19H23NO3. The van der Waals surface area contributed by atoms with Gasteiger partial charge in [0.25, 0.3) is 5.91 Å². The Kier molecular flexibility index (Phi) is 6.03. The van der Waals surface area contributed by atoms with Gasteiger partial charge in [0.15, 0.2) is 11.5 Å². The summed E-state index contributed by atoms with van der Waals surface area (Å²) in [5.41, 5.74) is 1.62. The molecule has 1 amide bonds. The highest BCUT2D eigenvalue weighted by molar-refractivity contribution is 5.94. The van der Waals surface area contributed by atoms with E-state index in [1.54, 1.807) is 12.1 Å². The molecule has 0 aliphatic heterocycles. The van der Waals surface area contributed by atoms with Crippen LogP contribution in [-0.4, -0.2) is 19.1 Å². The third-order valence-electron chi connectivity index (χ3n) is 3.45. The molecule has 2 aromatic carbocycles. The molecule has 0 fully saturated rings. The number of hydrogen-bond acceptors (Lipinski definition) is 3. The summed E-state index contributed by atoms with van der Waals surface area (Å²) in [4.78, 5) is 12.2. The molecular weight excluding hydrogens is 290 g/mol. The number of benzene rings is 2. The van der Waals surface area contributed by atoms with Gasteiger partial charge in [-0.05, 0) is 50.6 Å². The normalized spacial score (nSPS) is 11.6. The number of hydrogen-bond donors (Lipinski definition) is 1. The Hall–Kier alpha value is -2.49.